The smallest absolute Gasteiger partial charge is 0.358 e. The zero-order chi connectivity index (χ0) is 12.8. The van der Waals surface area contributed by atoms with E-state index >= 15 is 0 Å². The molecule has 0 radical (unpaired) electrons. The lowest BCUT2D eigenvalue weighted by Gasteiger charge is -2.19. The van der Waals surface area contributed by atoms with Gasteiger partial charge in [0, 0.05) is 13.1 Å². The Labute approximate surface area is 101 Å². The van der Waals surface area contributed by atoms with Crippen LogP contribution in [-0.4, -0.2) is 51.1 Å². The van der Waals surface area contributed by atoms with Crippen molar-refractivity contribution in [3.05, 3.63) is 11.9 Å². The van der Waals surface area contributed by atoms with Crippen molar-refractivity contribution in [1.29, 1.82) is 0 Å². The number of carboxylic acid groups (broad SMARTS) is 1. The van der Waals surface area contributed by atoms with Gasteiger partial charge in [-0.05, 0) is 13.0 Å². The Kier molecular flexibility index (Phi) is 5.09. The van der Waals surface area contributed by atoms with Crippen LogP contribution in [0.1, 0.15) is 30.8 Å². The first-order valence-corrected chi connectivity index (χ1v) is 5.85. The number of likely N-dealkylation sites (N-methyl/N-ethyl adjacent to an activating group) is 1. The van der Waals surface area contributed by atoms with Crippen molar-refractivity contribution in [2.45, 2.75) is 26.8 Å². The third-order valence-corrected chi connectivity index (χ3v) is 2.79. The molecule has 0 saturated carbocycles. The van der Waals surface area contributed by atoms with Gasteiger partial charge in [-0.25, -0.2) is 4.79 Å². The average molecular weight is 240 g/mol. The van der Waals surface area contributed by atoms with Gasteiger partial charge in [-0.15, -0.1) is 5.10 Å². The second-order valence-corrected chi connectivity index (χ2v) is 4.45. The molecule has 1 rings (SSSR count). The van der Waals surface area contributed by atoms with Crippen molar-refractivity contribution >= 4 is 5.97 Å². The average Bonchev–Trinajstić information content (AvgIpc) is 2.75. The van der Waals surface area contributed by atoms with Crippen LogP contribution < -0.4 is 0 Å². The van der Waals surface area contributed by atoms with E-state index in [0.717, 1.165) is 19.5 Å². The molecule has 0 aromatic carbocycles. The van der Waals surface area contributed by atoms with Crippen LogP contribution >= 0.6 is 0 Å². The molecule has 1 N–H and O–H groups in total. The molecule has 0 aliphatic heterocycles. The van der Waals surface area contributed by atoms with Crippen molar-refractivity contribution in [2.24, 2.45) is 5.92 Å². The van der Waals surface area contributed by atoms with Crippen molar-refractivity contribution in [3.8, 4) is 0 Å². The lowest BCUT2D eigenvalue weighted by atomic mass is 10.1. The van der Waals surface area contributed by atoms with Crippen molar-refractivity contribution in [2.75, 3.05) is 20.1 Å². The van der Waals surface area contributed by atoms with Gasteiger partial charge < -0.3 is 10.0 Å². The highest BCUT2D eigenvalue weighted by Crippen LogP contribution is 2.02. The minimum Gasteiger partial charge on any atom is -0.476 e. The summed E-state index contributed by atoms with van der Waals surface area (Å²) < 4.78 is 1.57. The molecule has 0 spiro atoms. The standard InChI is InChI=1S/C11H20N4O2/c1-4-9(2)7-14(3)5-6-15-8-10(11(16)17)12-13-15/h8-9H,4-7H2,1-3H3,(H,16,17). The van der Waals surface area contributed by atoms with Gasteiger partial charge in [0.25, 0.3) is 0 Å². The molecule has 1 unspecified atom stereocenters. The maximum Gasteiger partial charge on any atom is 0.358 e. The van der Waals surface area contributed by atoms with Crippen LogP contribution in [0.4, 0.5) is 0 Å². The molecule has 6 nitrogen and oxygen atoms in total. The minimum absolute atomic E-state index is 0.00502. The molecule has 1 aromatic rings. The molecular weight excluding hydrogens is 220 g/mol. The number of rotatable bonds is 7. The first kappa shape index (κ1) is 13.6. The SMILES string of the molecule is CCC(C)CN(C)CCn1cc(C(=O)O)nn1. The number of carboxylic acids is 1. The molecular formula is C11H20N4O2. The number of aromatic carboxylic acids is 1. The first-order valence-electron chi connectivity index (χ1n) is 5.85. The van der Waals surface area contributed by atoms with Crippen LogP contribution in [0.5, 0.6) is 0 Å². The van der Waals surface area contributed by atoms with E-state index in [4.69, 9.17) is 5.11 Å². The molecule has 1 aromatic heterocycles. The highest BCUT2D eigenvalue weighted by atomic mass is 16.4. The highest BCUT2D eigenvalue weighted by molar-refractivity contribution is 5.84. The van der Waals surface area contributed by atoms with Gasteiger partial charge in [0.2, 0.25) is 0 Å². The third kappa shape index (κ3) is 4.52. The van der Waals surface area contributed by atoms with Crippen LogP contribution in [-0.2, 0) is 6.54 Å². The van der Waals surface area contributed by atoms with Crippen LogP contribution in [0.2, 0.25) is 0 Å². The molecule has 96 valence electrons. The summed E-state index contributed by atoms with van der Waals surface area (Å²) in [6.45, 7) is 6.93. The molecule has 1 atom stereocenters. The molecule has 0 bridgehead atoms. The molecule has 1 heterocycles. The molecule has 0 saturated heterocycles. The van der Waals surface area contributed by atoms with Crippen LogP contribution in [0.25, 0.3) is 0 Å². The second kappa shape index (κ2) is 6.34. The lowest BCUT2D eigenvalue weighted by molar-refractivity contribution is 0.0690. The van der Waals surface area contributed by atoms with E-state index in [9.17, 15) is 4.79 Å². The van der Waals surface area contributed by atoms with E-state index < -0.39 is 5.97 Å². The molecule has 0 aliphatic carbocycles. The van der Waals surface area contributed by atoms with Crippen molar-refractivity contribution < 1.29 is 9.90 Å². The first-order chi connectivity index (χ1) is 8.02. The quantitative estimate of drug-likeness (QED) is 0.768. The fourth-order valence-corrected chi connectivity index (χ4v) is 1.53. The van der Waals surface area contributed by atoms with E-state index in [2.05, 4.69) is 36.1 Å². The van der Waals surface area contributed by atoms with Gasteiger partial charge in [0.05, 0.1) is 12.7 Å². The number of aromatic nitrogens is 3. The summed E-state index contributed by atoms with van der Waals surface area (Å²) in [6, 6.07) is 0. The molecule has 0 aliphatic rings. The predicted octanol–water partition coefficient (Wildman–Crippen LogP) is 0.954. The summed E-state index contributed by atoms with van der Waals surface area (Å²) in [5.41, 5.74) is -0.00502. The van der Waals surface area contributed by atoms with Gasteiger partial charge in [-0.1, -0.05) is 25.5 Å². The largest absolute Gasteiger partial charge is 0.476 e. The molecule has 6 heteroatoms. The van der Waals surface area contributed by atoms with Crippen molar-refractivity contribution in [3.63, 3.8) is 0 Å². The lowest BCUT2D eigenvalue weighted by Crippen LogP contribution is -2.28. The number of carbonyl (C=O) groups is 1. The Balaban J connectivity index is 2.36. The number of nitrogens with zero attached hydrogens (tertiary/aromatic N) is 4. The van der Waals surface area contributed by atoms with Gasteiger partial charge in [0.15, 0.2) is 5.69 Å². The summed E-state index contributed by atoms with van der Waals surface area (Å²) in [5, 5.41) is 16.0. The Bertz CT molecular complexity index is 364. The fraction of sp³-hybridized carbons (Fsp3) is 0.727. The normalized spacial score (nSPS) is 12.9. The maximum atomic E-state index is 10.6. The van der Waals surface area contributed by atoms with E-state index in [0.29, 0.717) is 12.5 Å². The van der Waals surface area contributed by atoms with E-state index in [1.54, 1.807) is 4.68 Å². The number of hydrogen-bond acceptors (Lipinski definition) is 4. The van der Waals surface area contributed by atoms with E-state index in [-0.39, 0.29) is 5.69 Å². The Morgan fingerprint density at radius 2 is 2.35 bits per heavy atom. The van der Waals surface area contributed by atoms with E-state index in [1.165, 1.54) is 6.20 Å². The summed E-state index contributed by atoms with van der Waals surface area (Å²) >= 11 is 0. The predicted molar refractivity (Wildman–Crippen MR) is 63.9 cm³/mol. The van der Waals surface area contributed by atoms with Gasteiger partial charge in [-0.3, -0.25) is 4.68 Å². The third-order valence-electron chi connectivity index (χ3n) is 2.79. The Morgan fingerprint density at radius 1 is 1.65 bits per heavy atom. The van der Waals surface area contributed by atoms with Crippen LogP contribution in [0, 0.1) is 5.92 Å². The summed E-state index contributed by atoms with van der Waals surface area (Å²) in [5.74, 6) is -0.366. The molecule has 0 fully saturated rings. The molecule has 17 heavy (non-hydrogen) atoms. The van der Waals surface area contributed by atoms with E-state index in [1.807, 2.05) is 0 Å². The molecule has 0 amide bonds. The summed E-state index contributed by atoms with van der Waals surface area (Å²) in [6.07, 6.45) is 2.62. The van der Waals surface area contributed by atoms with Crippen LogP contribution in [0.15, 0.2) is 6.20 Å². The van der Waals surface area contributed by atoms with Gasteiger partial charge >= 0.3 is 5.97 Å². The van der Waals surface area contributed by atoms with Crippen molar-refractivity contribution in [1.82, 2.24) is 19.9 Å². The zero-order valence-electron chi connectivity index (χ0n) is 10.6. The second-order valence-electron chi connectivity index (χ2n) is 4.45. The monoisotopic (exact) mass is 240 g/mol. The van der Waals surface area contributed by atoms with Gasteiger partial charge in [0.1, 0.15) is 0 Å². The number of hydrogen-bond donors (Lipinski definition) is 1. The Morgan fingerprint density at radius 3 is 2.88 bits per heavy atom. The summed E-state index contributed by atoms with van der Waals surface area (Å²) in [7, 11) is 2.06. The van der Waals surface area contributed by atoms with Crippen LogP contribution in [0.3, 0.4) is 0 Å². The maximum absolute atomic E-state index is 10.6. The summed E-state index contributed by atoms with van der Waals surface area (Å²) in [4.78, 5) is 12.8. The minimum atomic E-state index is -1.04. The fourth-order valence-electron chi connectivity index (χ4n) is 1.53. The highest BCUT2D eigenvalue weighted by Gasteiger charge is 2.09. The zero-order valence-corrected chi connectivity index (χ0v) is 10.6. The Hall–Kier alpha value is -1.43. The topological polar surface area (TPSA) is 71.2 Å². The van der Waals surface area contributed by atoms with Gasteiger partial charge in [-0.2, -0.15) is 0 Å².